The summed E-state index contributed by atoms with van der Waals surface area (Å²) in [6.07, 6.45) is 4.65. The van der Waals surface area contributed by atoms with Gasteiger partial charge < -0.3 is 25.6 Å². The third-order valence-corrected chi connectivity index (χ3v) is 7.51. The molecule has 0 saturated carbocycles. The number of benzene rings is 1. The third kappa shape index (κ3) is 8.58. The number of pyridine rings is 1. The lowest BCUT2D eigenvalue weighted by molar-refractivity contribution is -0.121. The Kier molecular flexibility index (Phi) is 11.2. The summed E-state index contributed by atoms with van der Waals surface area (Å²) in [5.74, 6) is 0.323. The van der Waals surface area contributed by atoms with Crippen molar-refractivity contribution < 1.29 is 14.3 Å². The van der Waals surface area contributed by atoms with E-state index in [9.17, 15) is 9.59 Å². The van der Waals surface area contributed by atoms with Crippen LogP contribution in [0.2, 0.25) is 0 Å². The SMILES string of the molecule is CNCCN(C)Cc1cccc(-c2cc(C(=O)NCCCC(=O)NCC3CCOCC3)c3cnn(C(C)C)c3n2)c1. The second kappa shape index (κ2) is 15.0. The predicted molar refractivity (Wildman–Crippen MR) is 162 cm³/mol. The van der Waals surface area contributed by atoms with E-state index in [1.807, 2.05) is 29.9 Å². The van der Waals surface area contributed by atoms with Crippen LogP contribution in [0.15, 0.2) is 36.5 Å². The lowest BCUT2D eigenvalue weighted by Crippen LogP contribution is -2.32. The molecule has 10 heteroatoms. The van der Waals surface area contributed by atoms with Crippen LogP contribution in [-0.4, -0.2) is 85.0 Å². The fourth-order valence-corrected chi connectivity index (χ4v) is 5.10. The van der Waals surface area contributed by atoms with Gasteiger partial charge in [-0.2, -0.15) is 5.10 Å². The molecule has 1 aromatic carbocycles. The lowest BCUT2D eigenvalue weighted by atomic mass is 10.0. The number of amides is 2. The molecule has 0 radical (unpaired) electrons. The Balaban J connectivity index is 1.44. The second-order valence-corrected chi connectivity index (χ2v) is 11.2. The van der Waals surface area contributed by atoms with Crippen LogP contribution in [0.4, 0.5) is 0 Å². The number of fused-ring (bicyclic) bond motifs is 1. The summed E-state index contributed by atoms with van der Waals surface area (Å²) in [5, 5.41) is 14.5. The lowest BCUT2D eigenvalue weighted by Gasteiger charge is -2.22. The van der Waals surface area contributed by atoms with E-state index >= 15 is 0 Å². The summed E-state index contributed by atoms with van der Waals surface area (Å²) in [4.78, 5) is 32.9. The van der Waals surface area contributed by atoms with Crippen LogP contribution in [0.1, 0.15) is 61.5 Å². The van der Waals surface area contributed by atoms with Crippen LogP contribution in [0.5, 0.6) is 0 Å². The maximum absolute atomic E-state index is 13.4. The number of ether oxygens (including phenoxy) is 1. The molecular formula is C31H45N7O3. The minimum Gasteiger partial charge on any atom is -0.381 e. The summed E-state index contributed by atoms with van der Waals surface area (Å²) in [5.41, 5.74) is 4.10. The van der Waals surface area contributed by atoms with Gasteiger partial charge in [-0.3, -0.25) is 9.59 Å². The highest BCUT2D eigenvalue weighted by atomic mass is 16.5. The van der Waals surface area contributed by atoms with Crippen LogP contribution in [-0.2, 0) is 16.1 Å². The van der Waals surface area contributed by atoms with Crippen LogP contribution in [0.25, 0.3) is 22.3 Å². The predicted octanol–water partition coefficient (Wildman–Crippen LogP) is 3.38. The molecule has 0 spiro atoms. The van der Waals surface area contributed by atoms with Gasteiger partial charge in [0.05, 0.1) is 22.8 Å². The molecule has 4 rings (SSSR count). The van der Waals surface area contributed by atoms with Gasteiger partial charge in [-0.05, 0) is 70.8 Å². The fourth-order valence-electron chi connectivity index (χ4n) is 5.10. The quantitative estimate of drug-likeness (QED) is 0.258. The number of nitrogens with one attached hydrogen (secondary N) is 3. The summed E-state index contributed by atoms with van der Waals surface area (Å²) >= 11 is 0. The van der Waals surface area contributed by atoms with E-state index in [-0.39, 0.29) is 17.9 Å². The number of likely N-dealkylation sites (N-methyl/N-ethyl adjacent to an activating group) is 2. The number of carbonyl (C=O) groups is 2. The topological polar surface area (TPSA) is 113 Å². The second-order valence-electron chi connectivity index (χ2n) is 11.2. The smallest absolute Gasteiger partial charge is 0.252 e. The monoisotopic (exact) mass is 563 g/mol. The van der Waals surface area contributed by atoms with Gasteiger partial charge in [-0.25, -0.2) is 9.67 Å². The Bertz CT molecular complexity index is 1300. The average molecular weight is 564 g/mol. The Hall–Kier alpha value is -3.34. The minimum atomic E-state index is -0.187. The van der Waals surface area contributed by atoms with E-state index in [1.165, 1.54) is 5.56 Å². The molecule has 3 aromatic rings. The first-order chi connectivity index (χ1) is 19.9. The van der Waals surface area contributed by atoms with Gasteiger partial charge in [-0.1, -0.05) is 18.2 Å². The first-order valence-corrected chi connectivity index (χ1v) is 14.8. The third-order valence-electron chi connectivity index (χ3n) is 7.51. The molecule has 1 saturated heterocycles. The molecule has 3 N–H and O–H groups in total. The van der Waals surface area contributed by atoms with E-state index in [1.54, 1.807) is 6.20 Å². The van der Waals surface area contributed by atoms with Crippen molar-refractivity contribution in [1.29, 1.82) is 0 Å². The molecule has 2 aromatic heterocycles. The zero-order chi connectivity index (χ0) is 29.2. The van der Waals surface area contributed by atoms with Crippen LogP contribution >= 0.6 is 0 Å². The summed E-state index contributed by atoms with van der Waals surface area (Å²) in [7, 11) is 4.06. The molecule has 222 valence electrons. The first-order valence-electron chi connectivity index (χ1n) is 14.8. The Morgan fingerprint density at radius 1 is 1.15 bits per heavy atom. The van der Waals surface area contributed by atoms with Crippen molar-refractivity contribution in [3.8, 4) is 11.3 Å². The molecule has 0 unspecified atom stereocenters. The van der Waals surface area contributed by atoms with E-state index in [0.29, 0.717) is 43.1 Å². The Morgan fingerprint density at radius 2 is 1.95 bits per heavy atom. The van der Waals surface area contributed by atoms with Crippen LogP contribution in [0.3, 0.4) is 0 Å². The van der Waals surface area contributed by atoms with Gasteiger partial charge >= 0.3 is 0 Å². The molecule has 2 amide bonds. The number of aromatic nitrogens is 3. The molecule has 1 fully saturated rings. The fraction of sp³-hybridized carbons (Fsp3) is 0.548. The molecule has 0 bridgehead atoms. The normalized spacial score (nSPS) is 14.2. The highest BCUT2D eigenvalue weighted by Gasteiger charge is 2.19. The number of nitrogens with zero attached hydrogens (tertiary/aromatic N) is 4. The first kappa shape index (κ1) is 30.6. The number of hydrogen-bond donors (Lipinski definition) is 3. The molecule has 41 heavy (non-hydrogen) atoms. The van der Waals surface area contributed by atoms with Crippen molar-refractivity contribution in [3.63, 3.8) is 0 Å². The maximum atomic E-state index is 13.4. The minimum absolute atomic E-state index is 0.0222. The summed E-state index contributed by atoms with van der Waals surface area (Å²) in [6, 6.07) is 10.3. The van der Waals surface area contributed by atoms with E-state index < -0.39 is 0 Å². The summed E-state index contributed by atoms with van der Waals surface area (Å²) < 4.78 is 7.24. The molecular weight excluding hydrogens is 518 g/mol. The molecule has 1 aliphatic heterocycles. The van der Waals surface area contributed by atoms with Gasteiger partial charge in [0.15, 0.2) is 5.65 Å². The van der Waals surface area contributed by atoms with Gasteiger partial charge in [-0.15, -0.1) is 0 Å². The van der Waals surface area contributed by atoms with Gasteiger partial charge in [0.25, 0.3) is 5.91 Å². The van der Waals surface area contributed by atoms with E-state index in [0.717, 1.165) is 62.3 Å². The van der Waals surface area contributed by atoms with Gasteiger partial charge in [0, 0.05) is 64.0 Å². The van der Waals surface area contributed by atoms with Crippen molar-refractivity contribution in [2.24, 2.45) is 5.92 Å². The van der Waals surface area contributed by atoms with Gasteiger partial charge in [0.2, 0.25) is 5.91 Å². The molecule has 1 aliphatic rings. The zero-order valence-corrected chi connectivity index (χ0v) is 24.9. The standard InChI is InChI=1S/C31H45N7O3/c1-22(2)38-30-27(20-35-38)26(31(40)33-12-6-9-29(39)34-19-23-10-15-41-16-11-23)18-28(36-30)25-8-5-7-24(17-25)21-37(4)14-13-32-3/h5,7-8,17-18,20,22-23,32H,6,9-16,19,21H2,1-4H3,(H,33,40)(H,34,39). The van der Waals surface area contributed by atoms with Crippen LogP contribution in [0, 0.1) is 5.92 Å². The summed E-state index contributed by atoms with van der Waals surface area (Å²) in [6.45, 7) is 9.43. The largest absolute Gasteiger partial charge is 0.381 e. The van der Waals surface area contributed by atoms with Gasteiger partial charge in [0.1, 0.15) is 0 Å². The highest BCUT2D eigenvalue weighted by Crippen LogP contribution is 2.27. The zero-order valence-electron chi connectivity index (χ0n) is 24.9. The molecule has 0 atom stereocenters. The average Bonchev–Trinajstić information content (AvgIpc) is 3.42. The van der Waals surface area contributed by atoms with Crippen molar-refractivity contribution in [1.82, 2.24) is 35.6 Å². The van der Waals surface area contributed by atoms with Crippen molar-refractivity contribution >= 4 is 22.8 Å². The van der Waals surface area contributed by atoms with Crippen molar-refractivity contribution in [2.75, 3.05) is 53.5 Å². The Labute approximate surface area is 243 Å². The highest BCUT2D eigenvalue weighted by molar-refractivity contribution is 6.06. The van der Waals surface area contributed by atoms with Crippen LogP contribution < -0.4 is 16.0 Å². The van der Waals surface area contributed by atoms with Crippen molar-refractivity contribution in [3.05, 3.63) is 47.7 Å². The van der Waals surface area contributed by atoms with E-state index in [4.69, 9.17) is 9.72 Å². The molecule has 0 aliphatic carbocycles. The van der Waals surface area contributed by atoms with E-state index in [2.05, 4.69) is 59.0 Å². The Morgan fingerprint density at radius 3 is 2.71 bits per heavy atom. The molecule has 10 nitrogen and oxygen atoms in total. The maximum Gasteiger partial charge on any atom is 0.252 e. The van der Waals surface area contributed by atoms with Crippen molar-refractivity contribution in [2.45, 2.75) is 52.1 Å². The number of carbonyl (C=O) groups excluding carboxylic acids is 2. The molecule has 3 heterocycles. The number of hydrogen-bond acceptors (Lipinski definition) is 7. The number of rotatable bonds is 14.